The molecule has 0 aliphatic carbocycles. The van der Waals surface area contributed by atoms with Gasteiger partial charge in [-0.2, -0.15) is 10.1 Å². The summed E-state index contributed by atoms with van der Waals surface area (Å²) in [5.74, 6) is 0.644. The Kier molecular flexibility index (Phi) is 12.3. The van der Waals surface area contributed by atoms with Gasteiger partial charge >= 0.3 is 7.52 Å². The number of para-hydroxylation sites is 1. The summed E-state index contributed by atoms with van der Waals surface area (Å²) < 4.78 is 21.7. The Morgan fingerprint density at radius 2 is 1.20 bits per heavy atom. The summed E-state index contributed by atoms with van der Waals surface area (Å²) >= 11 is 0. The number of hydrogen-bond donors (Lipinski definition) is 2. The number of nitrogens with one attached hydrogen (secondary N) is 1. The van der Waals surface area contributed by atoms with Crippen molar-refractivity contribution in [2.24, 2.45) is 5.73 Å². The zero-order valence-corrected chi connectivity index (χ0v) is 28.1. The third kappa shape index (κ3) is 8.53. The largest absolute Gasteiger partial charge is 0.432 e. The highest BCUT2D eigenvalue weighted by molar-refractivity contribution is 7.58. The molecule has 9 heteroatoms. The molecule has 0 radical (unpaired) electrons. The minimum Gasteiger partial charge on any atom is -0.432 e. The maximum Gasteiger partial charge on any atom is 0.320 e. The summed E-state index contributed by atoms with van der Waals surface area (Å²) in [5, 5.41) is 7.97. The number of hydrogen-bond acceptors (Lipinski definition) is 7. The zero-order valence-electron chi connectivity index (χ0n) is 27.3. The molecule has 0 spiro atoms. The van der Waals surface area contributed by atoms with Gasteiger partial charge in [0.2, 0.25) is 0 Å². The van der Waals surface area contributed by atoms with Gasteiger partial charge in [-0.1, -0.05) is 32.0 Å². The normalized spacial score (nSPS) is 24.5. The van der Waals surface area contributed by atoms with Crippen LogP contribution in [-0.4, -0.2) is 64.2 Å². The molecule has 1 aromatic rings. The molecular formula is C31H63N4O4P. The maximum atomic E-state index is 15.1. The van der Waals surface area contributed by atoms with Gasteiger partial charge in [0.15, 0.2) is 0 Å². The second-order valence-electron chi connectivity index (χ2n) is 13.8. The Bertz CT molecular complexity index is 930. The van der Waals surface area contributed by atoms with Crippen LogP contribution in [0.15, 0.2) is 30.3 Å². The summed E-state index contributed by atoms with van der Waals surface area (Å²) in [6, 6.07) is 9.66. The highest BCUT2D eigenvalue weighted by Gasteiger charge is 2.55. The van der Waals surface area contributed by atoms with Crippen molar-refractivity contribution >= 4 is 7.52 Å². The van der Waals surface area contributed by atoms with Gasteiger partial charge in [-0.15, -0.1) is 0 Å². The van der Waals surface area contributed by atoms with E-state index >= 15 is 4.57 Å². The first-order chi connectivity index (χ1) is 18.6. The fourth-order valence-electron chi connectivity index (χ4n) is 6.97. The van der Waals surface area contributed by atoms with Gasteiger partial charge in [0.25, 0.3) is 0 Å². The van der Waals surface area contributed by atoms with Crippen molar-refractivity contribution in [3.05, 3.63) is 30.3 Å². The summed E-state index contributed by atoms with van der Waals surface area (Å²) in [5.41, 5.74) is 3.31. The van der Waals surface area contributed by atoms with Crippen molar-refractivity contribution in [3.63, 3.8) is 0 Å². The topological polar surface area (TPSA) is 89.3 Å². The molecule has 0 aromatic heterocycles. The molecule has 0 bridgehead atoms. The lowest BCUT2D eigenvalue weighted by Crippen LogP contribution is -2.64. The first-order valence-electron chi connectivity index (χ1n) is 15.1. The van der Waals surface area contributed by atoms with E-state index in [1.165, 1.54) is 7.05 Å². The quantitative estimate of drug-likeness (QED) is 0.256. The zero-order chi connectivity index (χ0) is 30.4. The van der Waals surface area contributed by atoms with E-state index < -0.39 is 7.52 Å². The number of nitrogens with two attached hydrogens (primary N) is 1. The molecule has 1 aromatic carbocycles. The minimum absolute atomic E-state index is 0. The predicted octanol–water partition coefficient (Wildman–Crippen LogP) is 7.64. The van der Waals surface area contributed by atoms with Crippen molar-refractivity contribution in [1.82, 2.24) is 15.2 Å². The highest BCUT2D eigenvalue weighted by Crippen LogP contribution is 2.58. The molecule has 2 aliphatic rings. The van der Waals surface area contributed by atoms with Gasteiger partial charge in [-0.3, -0.25) is 14.2 Å². The summed E-state index contributed by atoms with van der Waals surface area (Å²) in [4.78, 5) is 12.5. The molecule has 8 nitrogen and oxygen atoms in total. The second kappa shape index (κ2) is 14.0. The third-order valence-electron chi connectivity index (χ3n) is 7.84. The van der Waals surface area contributed by atoms with Crippen LogP contribution in [0.4, 0.5) is 0 Å². The smallest absolute Gasteiger partial charge is 0.320 e. The van der Waals surface area contributed by atoms with Crippen LogP contribution < -0.4 is 15.3 Å². The van der Waals surface area contributed by atoms with Crippen molar-refractivity contribution in [2.45, 2.75) is 142 Å². The van der Waals surface area contributed by atoms with Crippen molar-refractivity contribution < 1.29 is 21.6 Å². The predicted molar refractivity (Wildman–Crippen MR) is 171 cm³/mol. The van der Waals surface area contributed by atoms with Gasteiger partial charge < -0.3 is 10.3 Å². The Labute approximate surface area is 248 Å². The molecule has 0 amide bonds. The SMILES string of the molecule is CCCON1C(C)(C)CC(NP(=O)(Oc2ccccc2)C2CC(C)(C)N(OCCC)C(C)(C)C2)CC1(C)C.CN.[HH].[HH]. The summed E-state index contributed by atoms with van der Waals surface area (Å²) in [6.45, 7) is 23.3. The van der Waals surface area contributed by atoms with Crippen LogP contribution in [0, 0.1) is 0 Å². The standard InChI is InChI=1S/C30H54N3O4P.CH5N.2H2/c1-11-18-35-32-27(3,4)20-24(21-28(32,5)6)31-38(34,37-25-16-14-13-15-17-25)26-22-29(7,8)33(36-19-12-2)30(9,10)23-26;1-2;;/h13-17,24,26H,11-12,18-23H2,1-10H3,(H,31,34);2H2,1H3;2*1H. The number of benzene rings is 1. The highest BCUT2D eigenvalue weighted by atomic mass is 31.2. The Balaban J connectivity index is 0.00000411. The monoisotopic (exact) mass is 586 g/mol. The first-order valence-corrected chi connectivity index (χ1v) is 16.8. The van der Waals surface area contributed by atoms with E-state index in [4.69, 9.17) is 14.2 Å². The lowest BCUT2D eigenvalue weighted by atomic mass is 9.79. The van der Waals surface area contributed by atoms with Crippen LogP contribution in [0.25, 0.3) is 0 Å². The van der Waals surface area contributed by atoms with Crippen LogP contribution in [-0.2, 0) is 14.2 Å². The van der Waals surface area contributed by atoms with E-state index in [2.05, 4.69) is 90.2 Å². The molecule has 1 unspecified atom stereocenters. The number of piperidine rings is 2. The molecule has 3 N–H and O–H groups in total. The van der Waals surface area contributed by atoms with Crippen molar-refractivity contribution in [3.8, 4) is 5.75 Å². The average molecular weight is 587 g/mol. The van der Waals surface area contributed by atoms with Gasteiger partial charge in [0, 0.05) is 31.1 Å². The number of rotatable bonds is 11. The fourth-order valence-corrected chi connectivity index (χ4v) is 9.88. The van der Waals surface area contributed by atoms with Crippen LogP contribution in [0.3, 0.4) is 0 Å². The lowest BCUT2D eigenvalue weighted by molar-refractivity contribution is -0.283. The van der Waals surface area contributed by atoms with Gasteiger partial charge in [0.1, 0.15) is 5.75 Å². The molecule has 2 saturated heterocycles. The van der Waals surface area contributed by atoms with E-state index in [1.807, 2.05) is 30.3 Å². The molecule has 40 heavy (non-hydrogen) atoms. The van der Waals surface area contributed by atoms with Crippen LogP contribution >= 0.6 is 7.52 Å². The van der Waals surface area contributed by atoms with E-state index in [0.29, 0.717) is 31.8 Å². The number of hydroxylamine groups is 4. The van der Waals surface area contributed by atoms with E-state index in [1.54, 1.807) is 0 Å². The van der Waals surface area contributed by atoms with E-state index in [0.717, 1.165) is 25.7 Å². The molecule has 0 saturated carbocycles. The lowest BCUT2D eigenvalue weighted by Gasteiger charge is -2.56. The molecule has 2 aliphatic heterocycles. The molecule has 1 atom stereocenters. The third-order valence-corrected chi connectivity index (χ3v) is 10.4. The molecule has 3 rings (SSSR count). The number of nitrogens with zero attached hydrogens (tertiary/aromatic N) is 2. The van der Waals surface area contributed by atoms with Gasteiger partial charge in [-0.05, 0) is 113 Å². The second-order valence-corrected chi connectivity index (χ2v) is 16.2. The van der Waals surface area contributed by atoms with Gasteiger partial charge in [-0.25, -0.2) is 5.09 Å². The van der Waals surface area contributed by atoms with Crippen LogP contribution in [0.5, 0.6) is 5.75 Å². The Morgan fingerprint density at radius 3 is 1.60 bits per heavy atom. The molecule has 2 heterocycles. The molecule has 236 valence electrons. The molecule has 2 fully saturated rings. The van der Waals surface area contributed by atoms with Crippen LogP contribution in [0.1, 0.15) is 111 Å². The Hall–Kier alpha value is -0.990. The average Bonchev–Trinajstić information content (AvgIpc) is 2.83. The van der Waals surface area contributed by atoms with Gasteiger partial charge in [0.05, 0.1) is 18.9 Å². The summed E-state index contributed by atoms with van der Waals surface area (Å²) in [7, 11) is -1.84. The first kappa shape index (κ1) is 35.2. The molecular weight excluding hydrogens is 523 g/mol. The minimum atomic E-state index is -3.34. The van der Waals surface area contributed by atoms with Crippen molar-refractivity contribution in [2.75, 3.05) is 20.3 Å². The van der Waals surface area contributed by atoms with Crippen molar-refractivity contribution in [1.29, 1.82) is 0 Å². The van der Waals surface area contributed by atoms with E-state index in [-0.39, 0.29) is 36.7 Å². The maximum absolute atomic E-state index is 15.1. The Morgan fingerprint density at radius 1 is 0.800 bits per heavy atom. The fraction of sp³-hybridized carbons (Fsp3) is 0.806. The summed E-state index contributed by atoms with van der Waals surface area (Å²) in [6.07, 6.45) is 4.97. The van der Waals surface area contributed by atoms with E-state index in [9.17, 15) is 0 Å². The van der Waals surface area contributed by atoms with Crippen LogP contribution in [0.2, 0.25) is 0 Å².